The second kappa shape index (κ2) is 7.26. The van der Waals surface area contributed by atoms with Crippen LogP contribution in [0.5, 0.6) is 0 Å². The zero-order valence-electron chi connectivity index (χ0n) is 15.2. The number of furan rings is 1. The summed E-state index contributed by atoms with van der Waals surface area (Å²) in [6.45, 7) is 1.51. The first-order chi connectivity index (χ1) is 13.9. The van der Waals surface area contributed by atoms with Gasteiger partial charge in [0.25, 0.3) is 5.91 Å². The Bertz CT molecular complexity index is 1100. The first-order valence-electron chi connectivity index (χ1n) is 8.91. The van der Waals surface area contributed by atoms with Gasteiger partial charge in [-0.1, -0.05) is 12.1 Å². The number of anilines is 1. The van der Waals surface area contributed by atoms with E-state index in [-0.39, 0.29) is 17.2 Å². The molecule has 11 nitrogen and oxygen atoms in total. The Morgan fingerprint density at radius 2 is 1.93 bits per heavy atom. The number of aromatic nitrogens is 2. The molecule has 0 atom stereocenters. The lowest BCUT2D eigenvalue weighted by molar-refractivity contribution is -0.402. The molecule has 0 bridgehead atoms. The molecule has 3 heterocycles. The number of nitro groups is 1. The Balaban J connectivity index is 1.50. The third-order valence-electron chi connectivity index (χ3n) is 4.97. The third kappa shape index (κ3) is 3.61. The summed E-state index contributed by atoms with van der Waals surface area (Å²) in [6, 6.07) is 8.45. The van der Waals surface area contributed by atoms with E-state index in [0.29, 0.717) is 11.5 Å². The number of piperidine rings is 1. The summed E-state index contributed by atoms with van der Waals surface area (Å²) in [7, 11) is 0. The molecule has 4 rings (SSSR count). The van der Waals surface area contributed by atoms with Gasteiger partial charge in [0.05, 0.1) is 6.07 Å². The molecule has 0 unspecified atom stereocenters. The van der Waals surface area contributed by atoms with Crippen LogP contribution in [0.2, 0.25) is 0 Å². The van der Waals surface area contributed by atoms with Gasteiger partial charge in [0.2, 0.25) is 11.7 Å². The largest absolute Gasteiger partial charge is 0.434 e. The van der Waals surface area contributed by atoms with Gasteiger partial charge in [-0.05, 0) is 30.5 Å². The van der Waals surface area contributed by atoms with Gasteiger partial charge in [0, 0.05) is 30.3 Å². The topological polar surface area (TPSA) is 162 Å². The average Bonchev–Trinajstić information content (AvgIpc) is 3.35. The molecule has 1 aromatic carbocycles. The van der Waals surface area contributed by atoms with Crippen molar-refractivity contribution in [1.29, 1.82) is 0 Å². The Kier molecular flexibility index (Phi) is 4.63. The van der Waals surface area contributed by atoms with E-state index < -0.39 is 22.5 Å². The molecule has 1 aliphatic rings. The highest BCUT2D eigenvalue weighted by molar-refractivity contribution is 5.97. The Labute approximate surface area is 163 Å². The predicted octanol–water partition coefficient (Wildman–Crippen LogP) is 2.01. The lowest BCUT2D eigenvalue weighted by atomic mass is 9.96. The molecule has 3 aromatic rings. The molecule has 29 heavy (non-hydrogen) atoms. The van der Waals surface area contributed by atoms with Crippen molar-refractivity contribution >= 4 is 17.5 Å². The first kappa shape index (κ1) is 18.5. The van der Waals surface area contributed by atoms with Crippen LogP contribution in [0.4, 0.5) is 11.6 Å². The number of carbonyl (C=O) groups is 1. The van der Waals surface area contributed by atoms with Crippen molar-refractivity contribution in [3.63, 3.8) is 0 Å². The van der Waals surface area contributed by atoms with Crippen molar-refractivity contribution < 1.29 is 18.6 Å². The zero-order chi connectivity index (χ0) is 20.5. The molecule has 0 radical (unpaired) electrons. The lowest BCUT2D eigenvalue weighted by Crippen LogP contribution is -2.32. The second-order valence-corrected chi connectivity index (χ2v) is 6.71. The van der Waals surface area contributed by atoms with E-state index in [1.165, 1.54) is 6.07 Å². The number of H-pyrrole nitrogens is 1. The molecule has 11 heteroatoms. The normalized spacial score (nSPS) is 14.8. The van der Waals surface area contributed by atoms with Gasteiger partial charge in [-0.15, -0.1) is 5.10 Å². The van der Waals surface area contributed by atoms with E-state index in [1.54, 1.807) is 12.1 Å². The predicted molar refractivity (Wildman–Crippen MR) is 101 cm³/mol. The van der Waals surface area contributed by atoms with Crippen LogP contribution in [0.25, 0.3) is 11.1 Å². The molecule has 150 valence electrons. The van der Waals surface area contributed by atoms with Gasteiger partial charge in [0.1, 0.15) is 4.92 Å². The summed E-state index contributed by atoms with van der Waals surface area (Å²) in [5, 5.41) is 17.1. The van der Waals surface area contributed by atoms with E-state index in [1.807, 2.05) is 12.1 Å². The number of hydrogen-bond donors (Lipinski definition) is 2. The molecular formula is C18H17N5O6. The SMILES string of the molecule is NC(=O)c1oc([N+](=O)[O-])cc1-c1ccc(N2CCC(c3n[nH]c(=O)o3)CC2)cc1. The molecule has 1 fully saturated rings. The van der Waals surface area contributed by atoms with Gasteiger partial charge in [-0.3, -0.25) is 14.9 Å². The van der Waals surface area contributed by atoms with Crippen molar-refractivity contribution in [2.24, 2.45) is 5.73 Å². The van der Waals surface area contributed by atoms with Gasteiger partial charge in [-0.2, -0.15) is 0 Å². The Morgan fingerprint density at radius 3 is 2.48 bits per heavy atom. The summed E-state index contributed by atoms with van der Waals surface area (Å²) in [4.78, 5) is 35.1. The maximum Gasteiger partial charge on any atom is 0.434 e. The number of rotatable bonds is 5. The van der Waals surface area contributed by atoms with Crippen molar-refractivity contribution in [1.82, 2.24) is 10.2 Å². The van der Waals surface area contributed by atoms with Crippen molar-refractivity contribution in [2.45, 2.75) is 18.8 Å². The number of nitrogens with one attached hydrogen (secondary N) is 1. The molecule has 2 aromatic heterocycles. The number of nitrogens with zero attached hydrogens (tertiary/aromatic N) is 3. The smallest absolute Gasteiger partial charge is 0.395 e. The number of amides is 1. The fourth-order valence-electron chi connectivity index (χ4n) is 3.52. The Morgan fingerprint density at radius 1 is 1.24 bits per heavy atom. The minimum Gasteiger partial charge on any atom is -0.395 e. The zero-order valence-corrected chi connectivity index (χ0v) is 15.2. The van der Waals surface area contributed by atoms with Crippen molar-refractivity contribution in [2.75, 3.05) is 18.0 Å². The number of hydrogen-bond acceptors (Lipinski definition) is 8. The molecule has 3 N–H and O–H groups in total. The number of nitrogens with two attached hydrogens (primary N) is 1. The van der Waals surface area contributed by atoms with Crippen LogP contribution in [0.1, 0.15) is 35.2 Å². The molecule has 0 saturated carbocycles. The number of aromatic amines is 1. The van der Waals surface area contributed by atoms with E-state index in [0.717, 1.165) is 31.6 Å². The monoisotopic (exact) mass is 399 g/mol. The van der Waals surface area contributed by atoms with Gasteiger partial charge in [0.15, 0.2) is 0 Å². The van der Waals surface area contributed by atoms with Crippen LogP contribution in [0, 0.1) is 10.1 Å². The molecule has 0 aliphatic carbocycles. The van der Waals surface area contributed by atoms with Crippen molar-refractivity contribution in [3.05, 3.63) is 62.6 Å². The summed E-state index contributed by atoms with van der Waals surface area (Å²) in [6.07, 6.45) is 1.57. The van der Waals surface area contributed by atoms with E-state index in [2.05, 4.69) is 15.1 Å². The van der Waals surface area contributed by atoms with Crippen LogP contribution in [0.3, 0.4) is 0 Å². The molecule has 1 amide bonds. The standard InChI is InChI=1S/C18H17N5O6/c19-16(24)15-13(9-14(28-15)23(26)27)10-1-3-12(4-2-10)22-7-5-11(6-8-22)17-20-21-18(25)29-17/h1-4,9,11H,5-8H2,(H2,19,24)(H,21,25). The fourth-order valence-corrected chi connectivity index (χ4v) is 3.52. The van der Waals surface area contributed by atoms with Gasteiger partial charge >= 0.3 is 11.6 Å². The second-order valence-electron chi connectivity index (χ2n) is 6.71. The maximum absolute atomic E-state index is 11.6. The highest BCUT2D eigenvalue weighted by atomic mass is 16.6. The highest BCUT2D eigenvalue weighted by Crippen LogP contribution is 2.33. The summed E-state index contributed by atoms with van der Waals surface area (Å²) >= 11 is 0. The summed E-state index contributed by atoms with van der Waals surface area (Å²) < 4.78 is 10.0. The first-order valence-corrected chi connectivity index (χ1v) is 8.91. The third-order valence-corrected chi connectivity index (χ3v) is 4.97. The Hall–Kier alpha value is -3.89. The number of primary amides is 1. The van der Waals surface area contributed by atoms with Crippen molar-refractivity contribution in [3.8, 4) is 11.1 Å². The average molecular weight is 399 g/mol. The van der Waals surface area contributed by atoms with Crippen LogP contribution in [-0.2, 0) is 0 Å². The van der Waals surface area contributed by atoms with Gasteiger partial charge < -0.3 is 19.5 Å². The minimum atomic E-state index is -0.871. The highest BCUT2D eigenvalue weighted by Gasteiger charge is 2.26. The minimum absolute atomic E-state index is 0.0917. The molecule has 1 aliphatic heterocycles. The maximum atomic E-state index is 11.6. The number of carbonyl (C=O) groups excluding carboxylic acids is 1. The number of benzene rings is 1. The van der Waals surface area contributed by atoms with Crippen LogP contribution in [-0.4, -0.2) is 34.1 Å². The summed E-state index contributed by atoms with van der Waals surface area (Å²) in [5.41, 5.74) is 7.11. The van der Waals surface area contributed by atoms with Crippen LogP contribution < -0.4 is 16.4 Å². The fraction of sp³-hybridized carbons (Fsp3) is 0.278. The van der Waals surface area contributed by atoms with E-state index in [9.17, 15) is 19.7 Å². The lowest BCUT2D eigenvalue weighted by Gasteiger charge is -2.32. The van der Waals surface area contributed by atoms with Crippen LogP contribution in [0.15, 0.2) is 44.0 Å². The molecular weight excluding hydrogens is 382 g/mol. The van der Waals surface area contributed by atoms with E-state index in [4.69, 9.17) is 14.6 Å². The molecule has 1 saturated heterocycles. The quantitative estimate of drug-likeness (QED) is 0.486. The van der Waals surface area contributed by atoms with Crippen LogP contribution >= 0.6 is 0 Å². The summed E-state index contributed by atoms with van der Waals surface area (Å²) in [5.74, 6) is -1.67. The molecule has 0 spiro atoms. The van der Waals surface area contributed by atoms with E-state index >= 15 is 0 Å². The van der Waals surface area contributed by atoms with Gasteiger partial charge in [-0.25, -0.2) is 9.89 Å².